The van der Waals surface area contributed by atoms with E-state index in [2.05, 4.69) is 6.92 Å². The first-order chi connectivity index (χ1) is 15.5. The molecule has 1 saturated heterocycles. The number of hydrogen-bond acceptors (Lipinski definition) is 7. The molecule has 0 spiro atoms. The van der Waals surface area contributed by atoms with Gasteiger partial charge in [0, 0.05) is 13.5 Å². The Balaban J connectivity index is 1.92. The zero-order valence-electron chi connectivity index (χ0n) is 20.4. The van der Waals surface area contributed by atoms with Gasteiger partial charge in [-0.25, -0.2) is 0 Å². The molecule has 1 rings (SSSR count). The molecule has 0 aromatic heterocycles. The van der Waals surface area contributed by atoms with Crippen LogP contribution in [0, 0.1) is 0 Å². The van der Waals surface area contributed by atoms with Crippen molar-refractivity contribution < 1.29 is 34.3 Å². The maximum absolute atomic E-state index is 11.9. The molecule has 0 radical (unpaired) electrons. The fourth-order valence-electron chi connectivity index (χ4n) is 4.14. The zero-order chi connectivity index (χ0) is 23.6. The summed E-state index contributed by atoms with van der Waals surface area (Å²) < 4.78 is 15.5. The lowest BCUT2D eigenvalue weighted by molar-refractivity contribution is -0.295. The minimum Gasteiger partial charge on any atom is -0.463 e. The van der Waals surface area contributed by atoms with Crippen molar-refractivity contribution in [2.24, 2.45) is 0 Å². The molecule has 3 unspecified atom stereocenters. The van der Waals surface area contributed by atoms with Gasteiger partial charge < -0.3 is 29.5 Å². The van der Waals surface area contributed by atoms with Crippen LogP contribution in [-0.4, -0.2) is 65.7 Å². The molecule has 1 fully saturated rings. The van der Waals surface area contributed by atoms with Crippen LogP contribution in [0.3, 0.4) is 0 Å². The average molecular weight is 461 g/mol. The molecule has 1 aliphatic rings. The molecule has 0 aromatic rings. The van der Waals surface area contributed by atoms with E-state index in [4.69, 9.17) is 14.2 Å². The molecule has 32 heavy (non-hydrogen) atoms. The van der Waals surface area contributed by atoms with Gasteiger partial charge in [0.2, 0.25) is 0 Å². The van der Waals surface area contributed by atoms with Crippen LogP contribution in [0.5, 0.6) is 0 Å². The zero-order valence-corrected chi connectivity index (χ0v) is 20.4. The summed E-state index contributed by atoms with van der Waals surface area (Å²) in [5.41, 5.74) is 0. The van der Waals surface area contributed by atoms with E-state index < -0.39 is 30.7 Å². The van der Waals surface area contributed by atoms with E-state index in [1.165, 1.54) is 84.2 Å². The Morgan fingerprint density at radius 3 is 1.66 bits per heavy atom. The number of aliphatic hydroxyl groups excluding tert-OH is 3. The number of hydrogen-bond donors (Lipinski definition) is 3. The predicted molar refractivity (Wildman–Crippen MR) is 124 cm³/mol. The normalized spacial score (nSPS) is 25.7. The van der Waals surface area contributed by atoms with Crippen LogP contribution in [0.25, 0.3) is 0 Å². The molecular formula is C25H48O7. The highest BCUT2D eigenvalue weighted by Crippen LogP contribution is 2.22. The Morgan fingerprint density at radius 1 is 0.719 bits per heavy atom. The second kappa shape index (κ2) is 18.7. The van der Waals surface area contributed by atoms with Gasteiger partial charge >= 0.3 is 5.97 Å². The van der Waals surface area contributed by atoms with Gasteiger partial charge in [0.25, 0.3) is 0 Å². The molecule has 0 bridgehead atoms. The van der Waals surface area contributed by atoms with E-state index in [0.29, 0.717) is 6.42 Å². The van der Waals surface area contributed by atoms with Crippen LogP contribution in [0.4, 0.5) is 0 Å². The van der Waals surface area contributed by atoms with E-state index in [0.717, 1.165) is 19.3 Å². The summed E-state index contributed by atoms with van der Waals surface area (Å²) in [5, 5.41) is 29.5. The molecule has 0 saturated carbocycles. The lowest BCUT2D eigenvalue weighted by Gasteiger charge is -2.39. The van der Waals surface area contributed by atoms with E-state index in [1.54, 1.807) is 0 Å². The molecule has 1 aliphatic heterocycles. The Morgan fingerprint density at radius 2 is 1.19 bits per heavy atom. The lowest BCUT2D eigenvalue weighted by Crippen LogP contribution is -2.59. The number of aliphatic hydroxyl groups is 3. The van der Waals surface area contributed by atoms with Gasteiger partial charge in [0.05, 0.1) is 0 Å². The van der Waals surface area contributed by atoms with E-state index >= 15 is 0 Å². The maximum atomic E-state index is 11.9. The van der Waals surface area contributed by atoms with Crippen LogP contribution in [0.15, 0.2) is 0 Å². The minimum absolute atomic E-state index is 0.178. The summed E-state index contributed by atoms with van der Waals surface area (Å²) in [7, 11) is 1.33. The first-order valence-corrected chi connectivity index (χ1v) is 12.9. The van der Waals surface area contributed by atoms with Gasteiger partial charge in [-0.15, -0.1) is 0 Å². The van der Waals surface area contributed by atoms with Crippen molar-refractivity contribution >= 4 is 5.97 Å². The number of esters is 1. The smallest absolute Gasteiger partial charge is 0.305 e. The van der Waals surface area contributed by atoms with Crippen molar-refractivity contribution in [3.63, 3.8) is 0 Å². The molecule has 0 aromatic carbocycles. The maximum Gasteiger partial charge on any atom is 0.305 e. The van der Waals surface area contributed by atoms with Crippen molar-refractivity contribution in [1.82, 2.24) is 0 Å². The van der Waals surface area contributed by atoms with Crippen LogP contribution < -0.4 is 0 Å². The number of unbranched alkanes of at least 4 members (excludes halogenated alkanes) is 14. The van der Waals surface area contributed by atoms with Gasteiger partial charge in [0.1, 0.15) is 31.0 Å². The first-order valence-electron chi connectivity index (χ1n) is 12.9. The van der Waals surface area contributed by atoms with Gasteiger partial charge in [0.15, 0.2) is 6.29 Å². The Kier molecular flexibility index (Phi) is 17.1. The number of ether oxygens (including phenoxy) is 3. The Hall–Kier alpha value is -0.730. The quantitative estimate of drug-likeness (QED) is 0.195. The number of rotatable bonds is 19. The monoisotopic (exact) mass is 460 g/mol. The molecule has 3 N–H and O–H groups in total. The molecule has 0 aliphatic carbocycles. The summed E-state index contributed by atoms with van der Waals surface area (Å²) in [6.07, 6.45) is 13.3. The molecule has 1 heterocycles. The second-order valence-corrected chi connectivity index (χ2v) is 9.13. The fraction of sp³-hybridized carbons (Fsp3) is 0.960. The van der Waals surface area contributed by atoms with E-state index in [-0.39, 0.29) is 12.6 Å². The number of carbonyl (C=O) groups excluding carboxylic acids is 1. The minimum atomic E-state index is -1.41. The predicted octanol–water partition coefficient (Wildman–Crippen LogP) is 4.25. The fourth-order valence-corrected chi connectivity index (χ4v) is 4.14. The van der Waals surface area contributed by atoms with E-state index in [9.17, 15) is 20.1 Å². The van der Waals surface area contributed by atoms with Crippen LogP contribution in [0.1, 0.15) is 110 Å². The SMILES string of the molecule is CCCCCCCCCCCCCCCCCC(=O)OCC1OC(OC)C(O)[C@@H](O)[C@H]1O. The third kappa shape index (κ3) is 12.5. The first kappa shape index (κ1) is 29.3. The van der Waals surface area contributed by atoms with Crippen molar-refractivity contribution in [2.45, 2.75) is 140 Å². The summed E-state index contributed by atoms with van der Waals surface area (Å²) in [6, 6.07) is 0. The molecule has 7 heteroatoms. The largest absolute Gasteiger partial charge is 0.463 e. The van der Waals surface area contributed by atoms with Crippen molar-refractivity contribution in [3.05, 3.63) is 0 Å². The number of methoxy groups -OCH3 is 1. The highest BCUT2D eigenvalue weighted by Gasteiger charge is 2.44. The van der Waals surface area contributed by atoms with E-state index in [1.807, 2.05) is 0 Å². The standard InChI is InChI=1S/C25H48O7/c1-3-4-5-6-7-8-9-10-11-12-13-14-15-16-17-18-21(26)31-19-20-22(27)23(28)24(29)25(30-2)32-20/h20,22-25,27-29H,3-19H2,1-2H3/t20?,22-,23-,24?,25?/m0/s1. The molecular weight excluding hydrogens is 412 g/mol. The lowest BCUT2D eigenvalue weighted by atomic mass is 9.99. The third-order valence-electron chi connectivity index (χ3n) is 6.29. The van der Waals surface area contributed by atoms with Gasteiger partial charge in [-0.3, -0.25) is 4.79 Å². The van der Waals surface area contributed by atoms with Crippen LogP contribution >= 0.6 is 0 Å². The van der Waals surface area contributed by atoms with Crippen LogP contribution in [-0.2, 0) is 19.0 Å². The molecule has 190 valence electrons. The summed E-state index contributed by atoms with van der Waals surface area (Å²) in [5.74, 6) is -0.343. The highest BCUT2D eigenvalue weighted by molar-refractivity contribution is 5.69. The van der Waals surface area contributed by atoms with Gasteiger partial charge in [-0.1, -0.05) is 96.8 Å². The summed E-state index contributed by atoms with van der Waals surface area (Å²) >= 11 is 0. The third-order valence-corrected chi connectivity index (χ3v) is 6.29. The Bertz CT molecular complexity index is 458. The highest BCUT2D eigenvalue weighted by atomic mass is 16.7. The molecule has 0 amide bonds. The topological polar surface area (TPSA) is 105 Å². The average Bonchev–Trinajstić information content (AvgIpc) is 2.79. The van der Waals surface area contributed by atoms with Gasteiger partial charge in [-0.2, -0.15) is 0 Å². The van der Waals surface area contributed by atoms with Crippen LogP contribution in [0.2, 0.25) is 0 Å². The summed E-state index contributed by atoms with van der Waals surface area (Å²) in [4.78, 5) is 11.9. The summed E-state index contributed by atoms with van der Waals surface area (Å²) in [6.45, 7) is 2.08. The Labute approximate surface area is 194 Å². The second-order valence-electron chi connectivity index (χ2n) is 9.13. The van der Waals surface area contributed by atoms with Crippen molar-refractivity contribution in [3.8, 4) is 0 Å². The number of carbonyl (C=O) groups is 1. The molecule has 7 nitrogen and oxygen atoms in total. The molecule has 5 atom stereocenters. The van der Waals surface area contributed by atoms with Crippen molar-refractivity contribution in [1.29, 1.82) is 0 Å². The van der Waals surface area contributed by atoms with Gasteiger partial charge in [-0.05, 0) is 6.42 Å². The van der Waals surface area contributed by atoms with Crippen molar-refractivity contribution in [2.75, 3.05) is 13.7 Å².